The van der Waals surface area contributed by atoms with E-state index >= 15 is 0 Å². The molecule has 1 saturated heterocycles. The number of aromatic nitrogens is 2. The summed E-state index contributed by atoms with van der Waals surface area (Å²) in [5.41, 5.74) is 0.766. The zero-order valence-electron chi connectivity index (χ0n) is 20.2. The first kappa shape index (κ1) is 25.7. The van der Waals surface area contributed by atoms with E-state index in [0.717, 1.165) is 43.3 Å². The Morgan fingerprint density at radius 1 is 1.05 bits per heavy atom. The summed E-state index contributed by atoms with van der Waals surface area (Å²) in [5, 5.41) is 13.6. The molecule has 10 heteroatoms. The molecule has 0 spiro atoms. The maximum atomic E-state index is 14.5. The fourth-order valence-electron chi connectivity index (χ4n) is 5.15. The Bertz CT molecular complexity index is 1480. The molecule has 198 valence electrons. The molecule has 1 fully saturated rings. The molecule has 4 aromatic rings. The molecule has 2 heterocycles. The van der Waals surface area contributed by atoms with E-state index in [-0.39, 0.29) is 35.3 Å². The van der Waals surface area contributed by atoms with Crippen LogP contribution < -0.4 is 4.90 Å². The quantitative estimate of drug-likeness (QED) is 0.281. The van der Waals surface area contributed by atoms with Crippen LogP contribution in [-0.4, -0.2) is 33.9 Å². The highest BCUT2D eigenvalue weighted by Gasteiger charge is 2.34. The Morgan fingerprint density at radius 3 is 2.50 bits per heavy atom. The van der Waals surface area contributed by atoms with Gasteiger partial charge in [0.1, 0.15) is 17.2 Å². The zero-order chi connectivity index (χ0) is 27.0. The summed E-state index contributed by atoms with van der Waals surface area (Å²) in [6, 6.07) is 14.1. The molecular weight excluding hydrogens is 505 g/mol. The van der Waals surface area contributed by atoms with Gasteiger partial charge in [0, 0.05) is 47.8 Å². The maximum Gasteiger partial charge on any atom is 0.418 e. The fraction of sp³-hybridized carbons (Fsp3) is 0.286. The second kappa shape index (κ2) is 10.1. The van der Waals surface area contributed by atoms with E-state index in [1.165, 1.54) is 16.8 Å². The average Bonchev–Trinajstić information content (AvgIpc) is 3.23. The van der Waals surface area contributed by atoms with Crippen molar-refractivity contribution >= 4 is 22.6 Å². The lowest BCUT2D eigenvalue weighted by atomic mass is 9.94. The highest BCUT2D eigenvalue weighted by Crippen LogP contribution is 2.39. The van der Waals surface area contributed by atoms with E-state index in [9.17, 15) is 26.7 Å². The SMILES string of the molecule is O=C(O)C[C@H]1CCCN(c2ccc(-c3c4cccc(C(F)(F)F)c4nn3Cc3ccc(F)cc3F)cc2)C1. The largest absolute Gasteiger partial charge is 0.481 e. The number of anilines is 1. The molecule has 0 unspecified atom stereocenters. The van der Waals surface area contributed by atoms with Crippen LogP contribution >= 0.6 is 0 Å². The molecule has 5 nitrogen and oxygen atoms in total. The Kier molecular flexibility index (Phi) is 6.81. The first-order valence-electron chi connectivity index (χ1n) is 12.2. The maximum absolute atomic E-state index is 14.5. The summed E-state index contributed by atoms with van der Waals surface area (Å²) in [6.45, 7) is 1.18. The van der Waals surface area contributed by atoms with Crippen molar-refractivity contribution in [1.29, 1.82) is 0 Å². The number of carbonyl (C=O) groups is 1. The number of carboxylic acid groups (broad SMARTS) is 1. The molecule has 5 rings (SSSR count). The highest BCUT2D eigenvalue weighted by atomic mass is 19.4. The van der Waals surface area contributed by atoms with E-state index in [1.807, 2.05) is 12.1 Å². The van der Waals surface area contributed by atoms with Gasteiger partial charge in [-0.05, 0) is 43.0 Å². The van der Waals surface area contributed by atoms with Crippen LogP contribution in [0.15, 0.2) is 60.7 Å². The van der Waals surface area contributed by atoms with Crippen LogP contribution in [0.4, 0.5) is 27.6 Å². The van der Waals surface area contributed by atoms with Gasteiger partial charge in [0.2, 0.25) is 0 Å². The minimum absolute atomic E-state index is 0.0395. The second-order valence-corrected chi connectivity index (χ2v) is 9.54. The molecule has 1 N–H and O–H groups in total. The van der Waals surface area contributed by atoms with Crippen molar-refractivity contribution < 1.29 is 31.9 Å². The van der Waals surface area contributed by atoms with Crippen molar-refractivity contribution in [2.45, 2.75) is 32.0 Å². The molecule has 1 atom stereocenters. The lowest BCUT2D eigenvalue weighted by Gasteiger charge is -2.34. The third-order valence-corrected chi connectivity index (χ3v) is 6.90. The number of benzene rings is 3. The Morgan fingerprint density at radius 2 is 1.82 bits per heavy atom. The Labute approximate surface area is 215 Å². The van der Waals surface area contributed by atoms with E-state index in [2.05, 4.69) is 10.00 Å². The summed E-state index contributed by atoms with van der Waals surface area (Å²) in [4.78, 5) is 13.2. The number of hydrogen-bond acceptors (Lipinski definition) is 3. The molecule has 1 aliphatic heterocycles. The first-order valence-corrected chi connectivity index (χ1v) is 12.2. The summed E-state index contributed by atoms with van der Waals surface area (Å²) in [5.74, 6) is -2.36. The molecule has 38 heavy (non-hydrogen) atoms. The molecule has 0 aliphatic carbocycles. The number of halogens is 5. The monoisotopic (exact) mass is 529 g/mol. The lowest BCUT2D eigenvalue weighted by Crippen LogP contribution is -2.36. The third-order valence-electron chi connectivity index (χ3n) is 6.90. The number of nitrogens with zero attached hydrogens (tertiary/aromatic N) is 3. The predicted octanol–water partition coefficient (Wildman–Crippen LogP) is 6.74. The molecule has 1 aromatic heterocycles. The number of rotatable bonds is 6. The molecule has 0 amide bonds. The van der Waals surface area contributed by atoms with Crippen molar-refractivity contribution in [3.63, 3.8) is 0 Å². The zero-order valence-corrected chi connectivity index (χ0v) is 20.2. The molecule has 0 radical (unpaired) electrons. The van der Waals surface area contributed by atoms with Crippen LogP contribution in [0.1, 0.15) is 30.4 Å². The van der Waals surface area contributed by atoms with Crippen molar-refractivity contribution in [2.24, 2.45) is 5.92 Å². The third kappa shape index (κ3) is 5.20. The van der Waals surface area contributed by atoms with E-state index < -0.39 is 29.3 Å². The molecular formula is C28H24F5N3O2. The van der Waals surface area contributed by atoms with Gasteiger partial charge in [0.05, 0.1) is 17.8 Å². The number of carboxylic acids is 1. The standard InChI is InChI=1S/C28H24F5N3O2/c29-20-9-6-19(24(30)14-20)16-36-27(22-4-1-5-23(26(22)34-36)28(31,32)33)18-7-10-21(11-8-18)35-12-2-3-17(15-35)13-25(37)38/h1,4-11,14,17H,2-3,12-13,15-16H2,(H,37,38)/t17-/m1/s1. The van der Waals surface area contributed by atoms with Gasteiger partial charge >= 0.3 is 12.1 Å². The van der Waals surface area contributed by atoms with E-state index in [4.69, 9.17) is 5.11 Å². The first-order chi connectivity index (χ1) is 18.1. The summed E-state index contributed by atoms with van der Waals surface area (Å²) >= 11 is 0. The van der Waals surface area contributed by atoms with Crippen LogP contribution in [0.25, 0.3) is 22.2 Å². The number of hydrogen-bond donors (Lipinski definition) is 1. The fourth-order valence-corrected chi connectivity index (χ4v) is 5.15. The van der Waals surface area contributed by atoms with Gasteiger partial charge in [-0.25, -0.2) is 8.78 Å². The normalized spacial score (nSPS) is 16.2. The Hall–Kier alpha value is -3.95. The summed E-state index contributed by atoms with van der Waals surface area (Å²) < 4.78 is 70.5. The van der Waals surface area contributed by atoms with Gasteiger partial charge in [-0.2, -0.15) is 18.3 Å². The topological polar surface area (TPSA) is 58.4 Å². The Balaban J connectivity index is 1.55. The van der Waals surface area contributed by atoms with Gasteiger partial charge in [-0.1, -0.05) is 30.3 Å². The van der Waals surface area contributed by atoms with Crippen molar-refractivity contribution in [1.82, 2.24) is 9.78 Å². The van der Waals surface area contributed by atoms with Crippen LogP contribution in [0.3, 0.4) is 0 Å². The summed E-state index contributed by atoms with van der Waals surface area (Å²) in [6.07, 6.45) is -2.84. The number of fused-ring (bicyclic) bond motifs is 1. The number of piperidine rings is 1. The second-order valence-electron chi connectivity index (χ2n) is 9.54. The van der Waals surface area contributed by atoms with Crippen molar-refractivity contribution in [3.05, 3.63) is 83.4 Å². The minimum Gasteiger partial charge on any atom is -0.481 e. The van der Waals surface area contributed by atoms with Crippen LogP contribution in [0.5, 0.6) is 0 Å². The lowest BCUT2D eigenvalue weighted by molar-refractivity contribution is -0.138. The van der Waals surface area contributed by atoms with Crippen LogP contribution in [0.2, 0.25) is 0 Å². The minimum atomic E-state index is -4.64. The molecule has 3 aromatic carbocycles. The molecule has 1 aliphatic rings. The molecule has 0 saturated carbocycles. The van der Waals surface area contributed by atoms with Crippen molar-refractivity contribution in [3.8, 4) is 11.3 Å². The van der Waals surface area contributed by atoms with Gasteiger partial charge < -0.3 is 10.0 Å². The summed E-state index contributed by atoms with van der Waals surface area (Å²) in [7, 11) is 0. The predicted molar refractivity (Wildman–Crippen MR) is 133 cm³/mol. The van der Waals surface area contributed by atoms with Crippen molar-refractivity contribution in [2.75, 3.05) is 18.0 Å². The highest BCUT2D eigenvalue weighted by molar-refractivity contribution is 5.95. The van der Waals surface area contributed by atoms with Gasteiger partial charge in [-0.15, -0.1) is 0 Å². The van der Waals surface area contributed by atoms with E-state index in [0.29, 0.717) is 17.8 Å². The smallest absolute Gasteiger partial charge is 0.418 e. The molecule has 0 bridgehead atoms. The number of alkyl halides is 3. The number of aliphatic carboxylic acids is 1. The average molecular weight is 530 g/mol. The van der Waals surface area contributed by atoms with E-state index in [1.54, 1.807) is 18.2 Å². The van der Waals surface area contributed by atoms with Gasteiger partial charge in [0.25, 0.3) is 0 Å². The van der Waals surface area contributed by atoms with Crippen LogP contribution in [0, 0.1) is 17.6 Å². The van der Waals surface area contributed by atoms with Crippen LogP contribution in [-0.2, 0) is 17.5 Å². The van der Waals surface area contributed by atoms with Gasteiger partial charge in [-0.3, -0.25) is 9.48 Å². The van der Waals surface area contributed by atoms with Gasteiger partial charge in [0.15, 0.2) is 0 Å².